The van der Waals surface area contributed by atoms with E-state index in [2.05, 4.69) is 26.3 Å². The molecule has 0 atom stereocenters. The van der Waals surface area contributed by atoms with Gasteiger partial charge in [-0.25, -0.2) is 9.59 Å². The van der Waals surface area contributed by atoms with E-state index < -0.39 is 23.6 Å². The van der Waals surface area contributed by atoms with Crippen LogP contribution in [0.2, 0.25) is 0 Å². The summed E-state index contributed by atoms with van der Waals surface area (Å²) >= 11 is 0. The zero-order valence-corrected chi connectivity index (χ0v) is 13.5. The average molecular weight is 346 g/mol. The van der Waals surface area contributed by atoms with Crippen molar-refractivity contribution in [1.29, 1.82) is 0 Å². The van der Waals surface area contributed by atoms with Crippen LogP contribution in [0.3, 0.4) is 0 Å². The van der Waals surface area contributed by atoms with Gasteiger partial charge in [-0.2, -0.15) is 8.78 Å². The number of allylic oxidation sites excluding steroid dienone is 7. The van der Waals surface area contributed by atoms with E-state index >= 15 is 0 Å². The summed E-state index contributed by atoms with van der Waals surface area (Å²) in [6, 6.07) is 0. The monoisotopic (exact) mass is 346 g/mol. The van der Waals surface area contributed by atoms with Gasteiger partial charge in [0.2, 0.25) is 11.7 Å². The molecule has 0 aromatic rings. The summed E-state index contributed by atoms with van der Waals surface area (Å²) in [4.78, 5) is 22.4. The van der Waals surface area contributed by atoms with E-state index in [9.17, 15) is 18.4 Å². The van der Waals surface area contributed by atoms with Crippen LogP contribution in [0.4, 0.5) is 8.78 Å². The van der Waals surface area contributed by atoms with Crippen molar-refractivity contribution in [1.82, 2.24) is 0 Å². The summed E-state index contributed by atoms with van der Waals surface area (Å²) in [5, 5.41) is 0. The van der Waals surface area contributed by atoms with Gasteiger partial charge < -0.3 is 9.47 Å². The normalized spacial score (nSPS) is 17.8. The van der Waals surface area contributed by atoms with Crippen molar-refractivity contribution in [3.63, 3.8) is 0 Å². The molecular formula is C19H16F2O4. The first-order valence-electron chi connectivity index (χ1n) is 7.34. The molecule has 0 N–H and O–H groups in total. The molecule has 0 aromatic carbocycles. The van der Waals surface area contributed by atoms with E-state index in [-0.39, 0.29) is 5.76 Å². The van der Waals surface area contributed by atoms with Crippen LogP contribution < -0.4 is 0 Å². The Hall–Kier alpha value is -3.02. The first-order chi connectivity index (χ1) is 11.7. The molecule has 0 saturated carbocycles. The summed E-state index contributed by atoms with van der Waals surface area (Å²) in [6.07, 6.45) is 4.58. The lowest BCUT2D eigenvalue weighted by molar-refractivity contribution is -0.137. The van der Waals surface area contributed by atoms with Gasteiger partial charge in [0, 0.05) is 6.42 Å². The maximum Gasteiger partial charge on any atom is 0.371 e. The summed E-state index contributed by atoms with van der Waals surface area (Å²) in [5.74, 6) is -4.39. The van der Waals surface area contributed by atoms with Crippen molar-refractivity contribution >= 4 is 11.9 Å². The second-order valence-corrected chi connectivity index (χ2v) is 5.49. The van der Waals surface area contributed by atoms with Gasteiger partial charge >= 0.3 is 11.9 Å². The van der Waals surface area contributed by atoms with E-state index in [1.165, 1.54) is 6.08 Å². The van der Waals surface area contributed by atoms with Gasteiger partial charge in [-0.05, 0) is 47.3 Å². The molecule has 0 radical (unpaired) electrons. The molecule has 25 heavy (non-hydrogen) atoms. The molecule has 2 rings (SSSR count). The van der Waals surface area contributed by atoms with Crippen molar-refractivity contribution < 1.29 is 27.8 Å². The topological polar surface area (TPSA) is 52.6 Å². The molecule has 2 aliphatic rings. The minimum atomic E-state index is -1.22. The highest BCUT2D eigenvalue weighted by molar-refractivity contribution is 5.86. The van der Waals surface area contributed by atoms with Crippen LogP contribution in [-0.2, 0) is 19.1 Å². The molecule has 0 fully saturated rings. The number of hydrogen-bond acceptors (Lipinski definition) is 4. The first-order valence-corrected chi connectivity index (χ1v) is 7.34. The molecule has 0 spiro atoms. The Morgan fingerprint density at radius 2 is 1.72 bits per heavy atom. The third kappa shape index (κ3) is 4.29. The van der Waals surface area contributed by atoms with Crippen LogP contribution in [0.1, 0.15) is 19.3 Å². The summed E-state index contributed by atoms with van der Waals surface area (Å²) < 4.78 is 35.0. The average Bonchev–Trinajstić information content (AvgIpc) is 2.82. The van der Waals surface area contributed by atoms with Crippen LogP contribution in [0.15, 0.2) is 83.9 Å². The Bertz CT molecular complexity index is 809. The van der Waals surface area contributed by atoms with E-state index in [0.29, 0.717) is 25.0 Å². The number of carbonyl (C=O) groups is 2. The second-order valence-electron chi connectivity index (χ2n) is 5.49. The zero-order valence-electron chi connectivity index (χ0n) is 13.5. The number of rotatable bonds is 5. The molecule has 0 unspecified atom stereocenters. The lowest BCUT2D eigenvalue weighted by Gasteiger charge is -2.15. The van der Waals surface area contributed by atoms with Crippen LogP contribution in [0.25, 0.3) is 0 Å². The quantitative estimate of drug-likeness (QED) is 0.420. The highest BCUT2D eigenvalue weighted by atomic mass is 19.1. The van der Waals surface area contributed by atoms with Crippen molar-refractivity contribution in [2.24, 2.45) is 0 Å². The SMILES string of the molecule is C=C(/C=C1/CC2=C(CCC(OC(=O)C(=C)F)=C2)C1=C)OC(=O)C(=C)F. The lowest BCUT2D eigenvalue weighted by Crippen LogP contribution is -2.07. The maximum atomic E-state index is 12.7. The molecule has 0 heterocycles. The maximum absolute atomic E-state index is 12.7. The molecular weight excluding hydrogens is 330 g/mol. The van der Waals surface area contributed by atoms with E-state index in [4.69, 9.17) is 9.47 Å². The highest BCUT2D eigenvalue weighted by Crippen LogP contribution is 2.42. The molecule has 0 amide bonds. The van der Waals surface area contributed by atoms with Crippen molar-refractivity contribution in [3.8, 4) is 0 Å². The van der Waals surface area contributed by atoms with Crippen molar-refractivity contribution in [2.75, 3.05) is 0 Å². The van der Waals surface area contributed by atoms with Gasteiger partial charge in [0.1, 0.15) is 11.5 Å². The Balaban J connectivity index is 2.11. The van der Waals surface area contributed by atoms with Crippen LogP contribution >= 0.6 is 0 Å². The Morgan fingerprint density at radius 1 is 1.08 bits per heavy atom. The molecule has 2 aliphatic carbocycles. The van der Waals surface area contributed by atoms with E-state index in [1.54, 1.807) is 6.08 Å². The smallest absolute Gasteiger partial charge is 0.371 e. The molecule has 0 aromatic heterocycles. The number of hydrogen-bond donors (Lipinski definition) is 0. The van der Waals surface area contributed by atoms with Crippen molar-refractivity contribution in [3.05, 3.63) is 83.9 Å². The fourth-order valence-electron chi connectivity index (χ4n) is 2.56. The van der Waals surface area contributed by atoms with Gasteiger partial charge in [0.05, 0.1) is 0 Å². The Labute approximate surface area is 143 Å². The van der Waals surface area contributed by atoms with Gasteiger partial charge in [-0.1, -0.05) is 26.3 Å². The minimum absolute atomic E-state index is 0.0378. The molecule has 130 valence electrons. The van der Waals surface area contributed by atoms with Crippen LogP contribution in [-0.4, -0.2) is 11.9 Å². The predicted molar refractivity (Wildman–Crippen MR) is 88.0 cm³/mol. The number of halogens is 2. The van der Waals surface area contributed by atoms with Crippen LogP contribution in [0, 0.1) is 0 Å². The molecule has 0 saturated heterocycles. The zero-order chi connectivity index (χ0) is 18.7. The van der Waals surface area contributed by atoms with E-state index in [1.807, 2.05) is 0 Å². The summed E-state index contributed by atoms with van der Waals surface area (Å²) in [6.45, 7) is 13.3. The van der Waals surface area contributed by atoms with Gasteiger partial charge in [0.25, 0.3) is 0 Å². The van der Waals surface area contributed by atoms with E-state index in [0.717, 1.165) is 22.3 Å². The summed E-state index contributed by atoms with van der Waals surface area (Å²) in [7, 11) is 0. The molecule has 4 nitrogen and oxygen atoms in total. The Morgan fingerprint density at radius 3 is 2.32 bits per heavy atom. The predicted octanol–water partition coefficient (Wildman–Crippen LogP) is 4.41. The summed E-state index contributed by atoms with van der Waals surface area (Å²) in [5.41, 5.74) is 3.32. The third-order valence-electron chi connectivity index (χ3n) is 3.70. The largest absolute Gasteiger partial charge is 0.426 e. The molecule has 6 heteroatoms. The van der Waals surface area contributed by atoms with Gasteiger partial charge in [-0.3, -0.25) is 0 Å². The second kappa shape index (κ2) is 7.25. The van der Waals surface area contributed by atoms with Gasteiger partial charge in [-0.15, -0.1) is 0 Å². The van der Waals surface area contributed by atoms with Crippen LogP contribution in [0.5, 0.6) is 0 Å². The Kier molecular flexibility index (Phi) is 5.32. The third-order valence-corrected chi connectivity index (χ3v) is 3.70. The fraction of sp³-hybridized carbons (Fsp3) is 0.158. The first kappa shape index (κ1) is 18.3. The number of esters is 2. The molecule has 0 bridgehead atoms. The van der Waals surface area contributed by atoms with Crippen molar-refractivity contribution in [2.45, 2.75) is 19.3 Å². The number of carbonyl (C=O) groups excluding carboxylic acids is 2. The molecule has 0 aliphatic heterocycles. The number of ether oxygens (including phenoxy) is 2. The van der Waals surface area contributed by atoms with Gasteiger partial charge in [0.15, 0.2) is 0 Å². The lowest BCUT2D eigenvalue weighted by atomic mass is 9.96. The fourth-order valence-corrected chi connectivity index (χ4v) is 2.56. The standard InChI is InChI=1S/C19H16F2O4/c1-10(24-18(22)12(3)20)7-14-8-15-9-16(25-19(23)13(4)21)5-6-17(15)11(14)2/h7,9H,1-6,8H2/b14-7-. The highest BCUT2D eigenvalue weighted by Gasteiger charge is 2.27. The minimum Gasteiger partial charge on any atom is -0.426 e.